The van der Waals surface area contributed by atoms with Gasteiger partial charge in [-0.05, 0) is 0 Å². The zero-order valence-electron chi connectivity index (χ0n) is 2.12. The molecule has 0 aliphatic heterocycles. The average Bonchev–Trinajstić information content (AvgIpc) is 0. The van der Waals surface area contributed by atoms with Gasteiger partial charge in [-0.1, -0.05) is 0 Å². The van der Waals surface area contributed by atoms with Gasteiger partial charge in [-0.3, -0.25) is 0 Å². The van der Waals surface area contributed by atoms with Crippen LogP contribution in [-0.2, 0) is 21.1 Å². The first-order chi connectivity index (χ1) is 0. The van der Waals surface area contributed by atoms with Crippen LogP contribution in [0.3, 0.4) is 0 Å². The summed E-state index contributed by atoms with van der Waals surface area (Å²) in [5.41, 5.74) is 0. The second-order valence-corrected chi connectivity index (χ2v) is 0. The summed E-state index contributed by atoms with van der Waals surface area (Å²) in [4.78, 5) is 0. The smallest absolute Gasteiger partial charge is 0 e. The van der Waals surface area contributed by atoms with Crippen molar-refractivity contribution in [3.8, 4) is 0 Å². The van der Waals surface area contributed by atoms with Gasteiger partial charge >= 0.3 is 0 Å². The Balaban J connectivity index is 0. The summed E-state index contributed by atoms with van der Waals surface area (Å²) in [5, 5.41) is 0. The van der Waals surface area contributed by atoms with E-state index in [9.17, 15) is 0 Å². The zero-order chi connectivity index (χ0) is 0. The Hall–Kier alpha value is 1.43. The van der Waals surface area contributed by atoms with E-state index in [1.807, 2.05) is 0 Å². The predicted octanol–water partition coefficient (Wildman–Crippen LogP) is -0.656. The fourth-order valence-corrected chi connectivity index (χ4v) is 0. The van der Waals surface area contributed by atoms with E-state index < -0.39 is 0 Å². The Bertz CT molecular complexity index is 8.00. The first-order valence-corrected chi connectivity index (χ1v) is 0. The summed E-state index contributed by atoms with van der Waals surface area (Å²) >= 11 is 0. The topological polar surface area (TPSA) is 31.5 Å². The molecule has 0 radical (unpaired) electrons. The largest absolute Gasteiger partial charge is 0.412 e. The molecule has 0 bridgehead atoms. The van der Waals surface area contributed by atoms with Crippen molar-refractivity contribution in [3.63, 3.8) is 0 Å². The van der Waals surface area contributed by atoms with Gasteiger partial charge in [-0.15, -0.1) is 0 Å². The summed E-state index contributed by atoms with van der Waals surface area (Å²) < 4.78 is 0. The van der Waals surface area contributed by atoms with Crippen LogP contribution in [-0.4, -0.2) is 5.48 Å². The molecular weight excluding hydrogens is 175 g/mol. The monoisotopic (exact) mass is 184 g/mol. The Kier molecular flexibility index (Phi) is 333. The molecule has 0 spiro atoms. The molecule has 0 aromatic heterocycles. The second-order valence-electron chi connectivity index (χ2n) is 0. The molecule has 1 atom stereocenters. The minimum Gasteiger partial charge on any atom is -0.412 e. The molecule has 30 valence electrons. The van der Waals surface area contributed by atoms with Gasteiger partial charge in [-0.2, -0.15) is 23.4 Å². The van der Waals surface area contributed by atoms with Crippen molar-refractivity contribution >= 4 is 23.4 Å². The first-order valence-electron chi connectivity index (χ1n) is 0. The van der Waals surface area contributed by atoms with Crippen LogP contribution in [0.1, 0.15) is 0 Å². The molecule has 0 saturated carbocycles. The van der Waals surface area contributed by atoms with Crippen LogP contribution < -0.4 is 0 Å². The van der Waals surface area contributed by atoms with Crippen LogP contribution in [0.5, 0.6) is 0 Å². The van der Waals surface area contributed by atoms with Crippen molar-refractivity contribution in [1.82, 2.24) is 0 Å². The fraction of sp³-hybridized carbons (Fsp3) is 0. The van der Waals surface area contributed by atoms with Crippen LogP contribution in [0.4, 0.5) is 0 Å². The minimum atomic E-state index is 0. The molecule has 0 amide bonds. The molecule has 4 heteroatoms. The average molecular weight is 182 g/mol. The van der Waals surface area contributed by atoms with Gasteiger partial charge in [0.2, 0.25) is 0 Å². The normalized spacial score (nSPS) is 0. The SMILES string of the molecule is O.P.S.[Mo]. The molecule has 2 N–H and O–H groups in total. The molecule has 0 heterocycles. The van der Waals surface area contributed by atoms with Crippen molar-refractivity contribution in [1.29, 1.82) is 0 Å². The molecule has 0 aromatic carbocycles. The Labute approximate surface area is 50.2 Å². The van der Waals surface area contributed by atoms with Crippen molar-refractivity contribution in [2.24, 2.45) is 0 Å². The molecule has 1 unspecified atom stereocenters. The summed E-state index contributed by atoms with van der Waals surface area (Å²) in [6.07, 6.45) is 0. The summed E-state index contributed by atoms with van der Waals surface area (Å²) in [6.45, 7) is 0. The Morgan fingerprint density at radius 2 is 1.00 bits per heavy atom. The fourth-order valence-electron chi connectivity index (χ4n) is 0. The summed E-state index contributed by atoms with van der Waals surface area (Å²) in [7, 11) is 0. The van der Waals surface area contributed by atoms with Crippen LogP contribution in [0.2, 0.25) is 0 Å². The minimum absolute atomic E-state index is 0. The van der Waals surface area contributed by atoms with Gasteiger partial charge in [0.05, 0.1) is 0 Å². The molecule has 0 fully saturated rings. The molecule has 0 saturated heterocycles. The van der Waals surface area contributed by atoms with Crippen LogP contribution in [0, 0.1) is 0 Å². The summed E-state index contributed by atoms with van der Waals surface area (Å²) in [5.74, 6) is 0. The Morgan fingerprint density at radius 3 is 1.00 bits per heavy atom. The number of hydrogen-bond acceptors (Lipinski definition) is 0. The maximum Gasteiger partial charge on any atom is 0 e. The summed E-state index contributed by atoms with van der Waals surface area (Å²) in [6, 6.07) is 0. The van der Waals surface area contributed by atoms with E-state index in [2.05, 4.69) is 0 Å². The Morgan fingerprint density at radius 1 is 1.00 bits per heavy atom. The second kappa shape index (κ2) is 25.5. The standard InChI is InChI=1S/Mo.H2O.H3P.H2S/h;1H2;1H3;1H2. The number of rotatable bonds is 0. The maximum absolute atomic E-state index is 0. The molecule has 0 aliphatic carbocycles. The third kappa shape index (κ3) is 9.91. The molecular formula is H7MoOPS. The van der Waals surface area contributed by atoms with E-state index in [4.69, 9.17) is 0 Å². The van der Waals surface area contributed by atoms with Crippen LogP contribution in [0.15, 0.2) is 0 Å². The van der Waals surface area contributed by atoms with Gasteiger partial charge in [0, 0.05) is 21.1 Å². The van der Waals surface area contributed by atoms with Gasteiger partial charge in [0.15, 0.2) is 0 Å². The molecule has 0 aliphatic rings. The molecule has 0 aromatic rings. The van der Waals surface area contributed by atoms with Gasteiger partial charge in [-0.25, -0.2) is 0 Å². The van der Waals surface area contributed by atoms with Crippen molar-refractivity contribution in [3.05, 3.63) is 0 Å². The van der Waals surface area contributed by atoms with Crippen molar-refractivity contribution in [2.75, 3.05) is 0 Å². The predicted molar refractivity (Wildman–Crippen MR) is 25.1 cm³/mol. The van der Waals surface area contributed by atoms with E-state index in [1.54, 1.807) is 0 Å². The third-order valence-corrected chi connectivity index (χ3v) is 0. The van der Waals surface area contributed by atoms with Gasteiger partial charge < -0.3 is 5.48 Å². The van der Waals surface area contributed by atoms with Crippen molar-refractivity contribution < 1.29 is 26.5 Å². The van der Waals surface area contributed by atoms with E-state index in [0.29, 0.717) is 0 Å². The van der Waals surface area contributed by atoms with Crippen LogP contribution in [0.25, 0.3) is 0 Å². The molecule has 0 rings (SSSR count). The quantitative estimate of drug-likeness (QED) is 0.352. The third-order valence-electron chi connectivity index (χ3n) is 0. The van der Waals surface area contributed by atoms with E-state index in [0.717, 1.165) is 0 Å². The van der Waals surface area contributed by atoms with Crippen LogP contribution >= 0.6 is 23.4 Å². The van der Waals surface area contributed by atoms with E-state index in [-0.39, 0.29) is 49.9 Å². The van der Waals surface area contributed by atoms with Gasteiger partial charge in [0.1, 0.15) is 0 Å². The molecule has 1 nitrogen and oxygen atoms in total. The first kappa shape index (κ1) is 52.2. The molecule has 4 heavy (non-hydrogen) atoms. The maximum atomic E-state index is 0. The van der Waals surface area contributed by atoms with Crippen molar-refractivity contribution in [2.45, 2.75) is 0 Å². The van der Waals surface area contributed by atoms with E-state index >= 15 is 0 Å². The van der Waals surface area contributed by atoms with Gasteiger partial charge in [0.25, 0.3) is 0 Å². The zero-order valence-corrected chi connectivity index (χ0v) is 6.54. The van der Waals surface area contributed by atoms with E-state index in [1.165, 1.54) is 0 Å². The number of hydrogen-bond donors (Lipinski definition) is 0.